The molecule has 0 heterocycles. The zero-order valence-corrected chi connectivity index (χ0v) is 12.3. The van der Waals surface area contributed by atoms with Gasteiger partial charge in [0.15, 0.2) is 0 Å². The molecule has 0 unspecified atom stereocenters. The van der Waals surface area contributed by atoms with Crippen molar-refractivity contribution in [3.05, 3.63) is 42.0 Å². The fourth-order valence-corrected chi connectivity index (χ4v) is 2.09. The minimum Gasteiger partial charge on any atom is -0.490 e. The van der Waals surface area contributed by atoms with Gasteiger partial charge in [-0.1, -0.05) is 30.3 Å². The van der Waals surface area contributed by atoms with E-state index in [4.69, 9.17) is 9.47 Å². The first kappa shape index (κ1) is 14.4. The summed E-state index contributed by atoms with van der Waals surface area (Å²) >= 11 is 0. The molecule has 2 aromatic carbocycles. The van der Waals surface area contributed by atoms with Gasteiger partial charge in [0.2, 0.25) is 0 Å². The van der Waals surface area contributed by atoms with E-state index in [0.717, 1.165) is 10.8 Å². The van der Waals surface area contributed by atoms with Crippen LogP contribution >= 0.6 is 0 Å². The third-order valence-electron chi connectivity index (χ3n) is 2.80. The summed E-state index contributed by atoms with van der Waals surface area (Å²) in [5.41, 5.74) is 0.505. The molecule has 106 valence electrons. The predicted molar refractivity (Wildman–Crippen MR) is 80.3 cm³/mol. The van der Waals surface area contributed by atoms with Crippen molar-refractivity contribution in [2.45, 2.75) is 39.9 Å². The van der Waals surface area contributed by atoms with E-state index >= 15 is 0 Å². The van der Waals surface area contributed by atoms with Crippen LogP contribution in [0.5, 0.6) is 5.75 Å². The molecule has 0 aliphatic rings. The van der Waals surface area contributed by atoms with Crippen LogP contribution in [0.2, 0.25) is 0 Å². The minimum atomic E-state index is -0.340. The van der Waals surface area contributed by atoms with Crippen LogP contribution in [-0.4, -0.2) is 18.2 Å². The molecule has 0 bridgehead atoms. The Bertz CT molecular complexity index is 615. The summed E-state index contributed by atoms with van der Waals surface area (Å²) in [6, 6.07) is 11.5. The Labute approximate surface area is 119 Å². The molecular formula is C17H20O3. The van der Waals surface area contributed by atoms with Gasteiger partial charge < -0.3 is 9.47 Å². The highest BCUT2D eigenvalue weighted by Gasteiger charge is 2.19. The SMILES string of the molecule is CC(C)OC(=O)c1c(OC(C)C)ccc2ccccc12. The molecule has 0 saturated heterocycles. The van der Waals surface area contributed by atoms with Gasteiger partial charge >= 0.3 is 5.97 Å². The monoisotopic (exact) mass is 272 g/mol. The van der Waals surface area contributed by atoms with Crippen molar-refractivity contribution in [1.82, 2.24) is 0 Å². The second-order valence-corrected chi connectivity index (χ2v) is 5.28. The Morgan fingerprint density at radius 1 is 0.950 bits per heavy atom. The van der Waals surface area contributed by atoms with E-state index in [0.29, 0.717) is 11.3 Å². The summed E-state index contributed by atoms with van der Waals surface area (Å²) in [4.78, 5) is 12.4. The molecule has 0 atom stereocenters. The molecule has 20 heavy (non-hydrogen) atoms. The molecular weight excluding hydrogens is 252 g/mol. The van der Waals surface area contributed by atoms with E-state index < -0.39 is 0 Å². The first-order valence-electron chi connectivity index (χ1n) is 6.88. The molecule has 0 amide bonds. The second kappa shape index (κ2) is 5.95. The van der Waals surface area contributed by atoms with Gasteiger partial charge in [-0.25, -0.2) is 4.79 Å². The van der Waals surface area contributed by atoms with Gasteiger partial charge in [-0.2, -0.15) is 0 Å². The topological polar surface area (TPSA) is 35.5 Å². The summed E-state index contributed by atoms with van der Waals surface area (Å²) < 4.78 is 11.1. The van der Waals surface area contributed by atoms with Crippen molar-refractivity contribution in [3.8, 4) is 5.75 Å². The quantitative estimate of drug-likeness (QED) is 0.783. The lowest BCUT2D eigenvalue weighted by molar-refractivity contribution is 0.0374. The third kappa shape index (κ3) is 3.10. The van der Waals surface area contributed by atoms with E-state index in [1.54, 1.807) is 0 Å². The maximum Gasteiger partial charge on any atom is 0.342 e. The summed E-state index contributed by atoms with van der Waals surface area (Å²) in [6.45, 7) is 7.55. The van der Waals surface area contributed by atoms with Crippen molar-refractivity contribution in [2.24, 2.45) is 0 Å². The Morgan fingerprint density at radius 2 is 1.65 bits per heavy atom. The molecule has 3 heteroatoms. The zero-order chi connectivity index (χ0) is 14.7. The number of ether oxygens (including phenoxy) is 2. The molecule has 0 saturated carbocycles. The van der Waals surface area contributed by atoms with E-state index in [1.807, 2.05) is 64.1 Å². The Morgan fingerprint density at radius 3 is 2.30 bits per heavy atom. The number of rotatable bonds is 4. The minimum absolute atomic E-state index is 0.00163. The zero-order valence-electron chi connectivity index (χ0n) is 12.3. The van der Waals surface area contributed by atoms with Crippen molar-refractivity contribution in [1.29, 1.82) is 0 Å². The fraction of sp³-hybridized carbons (Fsp3) is 0.353. The van der Waals surface area contributed by atoms with Gasteiger partial charge in [-0.15, -0.1) is 0 Å². The lowest BCUT2D eigenvalue weighted by atomic mass is 10.0. The first-order chi connectivity index (χ1) is 9.49. The number of esters is 1. The lowest BCUT2D eigenvalue weighted by Crippen LogP contribution is -2.15. The maximum atomic E-state index is 12.4. The molecule has 3 nitrogen and oxygen atoms in total. The maximum absolute atomic E-state index is 12.4. The predicted octanol–water partition coefficient (Wildman–Crippen LogP) is 4.19. The van der Waals surface area contributed by atoms with Gasteiger partial charge in [0.25, 0.3) is 0 Å². The molecule has 2 rings (SSSR count). The van der Waals surface area contributed by atoms with Gasteiger partial charge in [0, 0.05) is 0 Å². The first-order valence-corrected chi connectivity index (χ1v) is 6.88. The van der Waals surface area contributed by atoms with Crippen LogP contribution in [0.4, 0.5) is 0 Å². The van der Waals surface area contributed by atoms with Gasteiger partial charge in [-0.3, -0.25) is 0 Å². The normalized spacial score (nSPS) is 11.1. The Kier molecular flexibility index (Phi) is 4.28. The van der Waals surface area contributed by atoms with Gasteiger partial charge in [0.05, 0.1) is 12.2 Å². The molecule has 0 fully saturated rings. The van der Waals surface area contributed by atoms with E-state index in [-0.39, 0.29) is 18.2 Å². The fourth-order valence-electron chi connectivity index (χ4n) is 2.09. The Balaban J connectivity index is 2.58. The van der Waals surface area contributed by atoms with Crippen LogP contribution in [0, 0.1) is 0 Å². The standard InChI is InChI=1S/C17H20O3/c1-11(2)19-15-10-9-13-7-5-6-8-14(13)16(15)17(18)20-12(3)4/h5-12H,1-4H3. The number of carbonyl (C=O) groups is 1. The number of carbonyl (C=O) groups excluding carboxylic acids is 1. The molecule has 0 radical (unpaired) electrons. The molecule has 2 aromatic rings. The molecule has 0 aromatic heterocycles. The molecule has 0 aliphatic carbocycles. The van der Waals surface area contributed by atoms with Gasteiger partial charge in [-0.05, 0) is 44.5 Å². The average molecular weight is 272 g/mol. The summed E-state index contributed by atoms with van der Waals surface area (Å²) in [6.07, 6.45) is -0.157. The van der Waals surface area contributed by atoms with E-state index in [2.05, 4.69) is 0 Å². The highest BCUT2D eigenvalue weighted by atomic mass is 16.5. The van der Waals surface area contributed by atoms with Crippen molar-refractivity contribution in [2.75, 3.05) is 0 Å². The number of hydrogen-bond donors (Lipinski definition) is 0. The molecule has 0 N–H and O–H groups in total. The Hall–Kier alpha value is -2.03. The average Bonchev–Trinajstić information content (AvgIpc) is 2.36. The van der Waals surface area contributed by atoms with Crippen LogP contribution in [0.25, 0.3) is 10.8 Å². The van der Waals surface area contributed by atoms with Crippen LogP contribution < -0.4 is 4.74 Å². The number of hydrogen-bond acceptors (Lipinski definition) is 3. The molecule has 0 aliphatic heterocycles. The highest BCUT2D eigenvalue weighted by Crippen LogP contribution is 2.29. The largest absolute Gasteiger partial charge is 0.490 e. The van der Waals surface area contributed by atoms with Gasteiger partial charge in [0.1, 0.15) is 11.3 Å². The van der Waals surface area contributed by atoms with Crippen molar-refractivity contribution >= 4 is 16.7 Å². The van der Waals surface area contributed by atoms with Crippen LogP contribution in [0.3, 0.4) is 0 Å². The lowest BCUT2D eigenvalue weighted by Gasteiger charge is -2.16. The van der Waals surface area contributed by atoms with Crippen LogP contribution in [-0.2, 0) is 4.74 Å². The number of benzene rings is 2. The summed E-state index contributed by atoms with van der Waals surface area (Å²) in [7, 11) is 0. The summed E-state index contributed by atoms with van der Waals surface area (Å²) in [5.74, 6) is 0.233. The van der Waals surface area contributed by atoms with E-state index in [1.165, 1.54) is 0 Å². The highest BCUT2D eigenvalue weighted by molar-refractivity contribution is 6.07. The van der Waals surface area contributed by atoms with Crippen molar-refractivity contribution < 1.29 is 14.3 Å². The second-order valence-electron chi connectivity index (χ2n) is 5.28. The van der Waals surface area contributed by atoms with Crippen LogP contribution in [0.15, 0.2) is 36.4 Å². The summed E-state index contributed by atoms with van der Waals surface area (Å²) in [5, 5.41) is 1.86. The molecule has 0 spiro atoms. The third-order valence-corrected chi connectivity index (χ3v) is 2.80. The smallest absolute Gasteiger partial charge is 0.342 e. The van der Waals surface area contributed by atoms with Crippen LogP contribution in [0.1, 0.15) is 38.1 Å². The van der Waals surface area contributed by atoms with Crippen molar-refractivity contribution in [3.63, 3.8) is 0 Å². The van der Waals surface area contributed by atoms with E-state index in [9.17, 15) is 4.79 Å². The number of fused-ring (bicyclic) bond motifs is 1.